The Morgan fingerprint density at radius 3 is 2.47 bits per heavy atom. The van der Waals surface area contributed by atoms with Gasteiger partial charge in [-0.25, -0.2) is 13.1 Å². The fourth-order valence-electron chi connectivity index (χ4n) is 2.39. The van der Waals surface area contributed by atoms with E-state index in [9.17, 15) is 8.42 Å². The second-order valence-corrected chi connectivity index (χ2v) is 8.44. The molecule has 0 amide bonds. The molecular weight excluding hydrogens is 394 g/mol. The summed E-state index contributed by atoms with van der Waals surface area (Å²) in [4.78, 5) is 0.298. The van der Waals surface area contributed by atoms with Crippen molar-refractivity contribution in [2.75, 3.05) is 6.54 Å². The lowest BCUT2D eigenvalue weighted by Gasteiger charge is -2.21. The van der Waals surface area contributed by atoms with E-state index in [1.54, 1.807) is 18.2 Å². The predicted molar refractivity (Wildman–Crippen MR) is 83.6 cm³/mol. The van der Waals surface area contributed by atoms with Gasteiger partial charge in [0.1, 0.15) is 0 Å². The fourth-order valence-corrected chi connectivity index (χ4v) is 5.25. The Labute approximate surface area is 131 Å². The molecule has 6 heteroatoms. The van der Waals surface area contributed by atoms with Gasteiger partial charge >= 0.3 is 0 Å². The number of hydrogen-bond acceptors (Lipinski definition) is 2. The largest absolute Gasteiger partial charge is 0.241 e. The molecule has 0 aromatic heterocycles. The van der Waals surface area contributed by atoms with Gasteiger partial charge in [-0.1, -0.05) is 35.2 Å². The summed E-state index contributed by atoms with van der Waals surface area (Å²) in [7, 11) is -3.42. The highest BCUT2D eigenvalue weighted by atomic mass is 79.9. The normalized spacial score (nSPS) is 17.6. The maximum Gasteiger partial charge on any atom is 0.241 e. The van der Waals surface area contributed by atoms with Gasteiger partial charge in [0.15, 0.2) is 0 Å². The topological polar surface area (TPSA) is 46.2 Å². The van der Waals surface area contributed by atoms with Gasteiger partial charge in [0.2, 0.25) is 10.0 Å². The van der Waals surface area contributed by atoms with Gasteiger partial charge in [0.05, 0.1) is 4.90 Å². The average molecular weight is 411 g/mol. The number of benzene rings is 1. The fraction of sp³-hybridized carbons (Fsp3) is 0.538. The van der Waals surface area contributed by atoms with E-state index in [1.165, 1.54) is 19.3 Å². The minimum atomic E-state index is -3.42. The van der Waals surface area contributed by atoms with Crippen LogP contribution < -0.4 is 4.72 Å². The van der Waals surface area contributed by atoms with Crippen LogP contribution in [-0.4, -0.2) is 15.0 Å². The van der Waals surface area contributed by atoms with Crippen molar-refractivity contribution in [2.24, 2.45) is 5.92 Å². The number of rotatable bonds is 4. The standard InChI is InChI=1S/C13H17Br2NO2S/c14-11-6-7-13(12(15)8-11)19(17,18)16-9-10-4-2-1-3-5-10/h6-8,10,16H,1-5,9H2. The molecule has 2 rings (SSSR count). The molecule has 0 heterocycles. The number of nitrogens with one attached hydrogen (secondary N) is 1. The summed E-state index contributed by atoms with van der Waals surface area (Å²) in [6.45, 7) is 0.546. The number of sulfonamides is 1. The van der Waals surface area contributed by atoms with Gasteiger partial charge in [-0.05, 0) is 52.9 Å². The van der Waals surface area contributed by atoms with Crippen molar-refractivity contribution in [3.8, 4) is 0 Å². The van der Waals surface area contributed by atoms with Gasteiger partial charge in [-0.2, -0.15) is 0 Å². The van der Waals surface area contributed by atoms with Crippen molar-refractivity contribution in [3.63, 3.8) is 0 Å². The van der Waals surface area contributed by atoms with Crippen molar-refractivity contribution in [1.82, 2.24) is 4.72 Å². The molecular formula is C13H17Br2NO2S. The van der Waals surface area contributed by atoms with Crippen LogP contribution in [0, 0.1) is 5.92 Å². The van der Waals surface area contributed by atoms with Crippen LogP contribution in [0.4, 0.5) is 0 Å². The smallest absolute Gasteiger partial charge is 0.211 e. The maximum absolute atomic E-state index is 12.3. The van der Waals surface area contributed by atoms with E-state index in [0.29, 0.717) is 21.8 Å². The third-order valence-corrected chi connectivity index (χ3v) is 6.36. The lowest BCUT2D eigenvalue weighted by atomic mass is 9.90. The maximum atomic E-state index is 12.3. The highest BCUT2D eigenvalue weighted by Gasteiger charge is 2.20. The van der Waals surface area contributed by atoms with E-state index >= 15 is 0 Å². The Balaban J connectivity index is 2.05. The molecule has 0 spiro atoms. The van der Waals surface area contributed by atoms with Crippen LogP contribution in [0.3, 0.4) is 0 Å². The lowest BCUT2D eigenvalue weighted by molar-refractivity contribution is 0.357. The molecule has 1 aromatic rings. The van der Waals surface area contributed by atoms with E-state index in [2.05, 4.69) is 36.6 Å². The molecule has 0 radical (unpaired) electrons. The van der Waals surface area contributed by atoms with Gasteiger partial charge in [-0.3, -0.25) is 0 Å². The first kappa shape index (κ1) is 15.5. The van der Waals surface area contributed by atoms with Crippen LogP contribution in [0.2, 0.25) is 0 Å². The molecule has 3 nitrogen and oxygen atoms in total. The zero-order valence-electron chi connectivity index (χ0n) is 10.5. The molecule has 0 atom stereocenters. The zero-order valence-corrected chi connectivity index (χ0v) is 14.5. The van der Waals surface area contributed by atoms with E-state index in [0.717, 1.165) is 17.3 Å². The molecule has 19 heavy (non-hydrogen) atoms. The van der Waals surface area contributed by atoms with Crippen molar-refractivity contribution in [2.45, 2.75) is 37.0 Å². The quantitative estimate of drug-likeness (QED) is 0.812. The van der Waals surface area contributed by atoms with Gasteiger partial charge < -0.3 is 0 Å². The first-order chi connectivity index (χ1) is 8.99. The molecule has 1 aliphatic rings. The molecule has 1 aliphatic carbocycles. The van der Waals surface area contributed by atoms with E-state index < -0.39 is 10.0 Å². The second-order valence-electron chi connectivity index (χ2n) is 4.93. The Morgan fingerprint density at radius 1 is 1.16 bits per heavy atom. The van der Waals surface area contributed by atoms with Crippen LogP contribution >= 0.6 is 31.9 Å². The summed E-state index contributed by atoms with van der Waals surface area (Å²) < 4.78 is 28.7. The first-order valence-electron chi connectivity index (χ1n) is 6.44. The van der Waals surface area contributed by atoms with Crippen LogP contribution in [0.1, 0.15) is 32.1 Å². The Kier molecular flexibility index (Phi) is 5.45. The van der Waals surface area contributed by atoms with Crippen molar-refractivity contribution in [1.29, 1.82) is 0 Å². The van der Waals surface area contributed by atoms with E-state index in [4.69, 9.17) is 0 Å². The van der Waals surface area contributed by atoms with Crippen LogP contribution in [-0.2, 0) is 10.0 Å². The molecule has 106 valence electrons. The van der Waals surface area contributed by atoms with Crippen LogP contribution in [0.15, 0.2) is 32.0 Å². The third-order valence-electron chi connectivity index (χ3n) is 3.47. The van der Waals surface area contributed by atoms with Crippen LogP contribution in [0.5, 0.6) is 0 Å². The summed E-state index contributed by atoms with van der Waals surface area (Å²) in [6.07, 6.45) is 5.97. The van der Waals surface area contributed by atoms with Crippen molar-refractivity contribution < 1.29 is 8.42 Å². The number of hydrogen-bond donors (Lipinski definition) is 1. The van der Waals surface area contributed by atoms with Crippen LogP contribution in [0.25, 0.3) is 0 Å². The summed E-state index contributed by atoms with van der Waals surface area (Å²) >= 11 is 6.62. The molecule has 1 N–H and O–H groups in total. The lowest BCUT2D eigenvalue weighted by Crippen LogP contribution is -2.30. The van der Waals surface area contributed by atoms with Gasteiger partial charge in [-0.15, -0.1) is 0 Å². The molecule has 0 aliphatic heterocycles. The highest BCUT2D eigenvalue weighted by molar-refractivity contribution is 9.11. The first-order valence-corrected chi connectivity index (χ1v) is 9.51. The number of halogens is 2. The Bertz CT molecular complexity index is 540. The van der Waals surface area contributed by atoms with Gasteiger partial charge in [0, 0.05) is 15.5 Å². The zero-order chi connectivity index (χ0) is 13.9. The summed E-state index contributed by atoms with van der Waals surface area (Å²) in [5, 5.41) is 0. The molecule has 0 saturated heterocycles. The van der Waals surface area contributed by atoms with Crippen molar-refractivity contribution >= 4 is 41.9 Å². The average Bonchev–Trinajstić information content (AvgIpc) is 2.37. The summed E-state index contributed by atoms with van der Waals surface area (Å²) in [5.41, 5.74) is 0. The molecule has 0 bridgehead atoms. The monoisotopic (exact) mass is 409 g/mol. The SMILES string of the molecule is O=S(=O)(NCC1CCCCC1)c1ccc(Br)cc1Br. The molecule has 1 aromatic carbocycles. The van der Waals surface area contributed by atoms with E-state index in [1.807, 2.05) is 0 Å². The Hall–Kier alpha value is 0.0900. The highest BCUT2D eigenvalue weighted by Crippen LogP contribution is 2.27. The van der Waals surface area contributed by atoms with Gasteiger partial charge in [0.25, 0.3) is 0 Å². The minimum absolute atomic E-state index is 0.298. The molecule has 0 unspecified atom stereocenters. The predicted octanol–water partition coefficient (Wildman–Crippen LogP) is 4.07. The third kappa shape index (κ3) is 4.28. The molecule has 1 saturated carbocycles. The van der Waals surface area contributed by atoms with E-state index in [-0.39, 0.29) is 0 Å². The Morgan fingerprint density at radius 2 is 1.84 bits per heavy atom. The summed E-state index contributed by atoms with van der Waals surface area (Å²) in [5.74, 6) is 0.484. The second kappa shape index (κ2) is 6.70. The van der Waals surface area contributed by atoms with Crippen molar-refractivity contribution in [3.05, 3.63) is 27.1 Å². The molecule has 1 fully saturated rings. The summed E-state index contributed by atoms with van der Waals surface area (Å²) in [6, 6.07) is 5.09. The minimum Gasteiger partial charge on any atom is -0.211 e.